The van der Waals surface area contributed by atoms with Crippen LogP contribution < -0.4 is 21.7 Å². The second-order valence-electron chi connectivity index (χ2n) is 4.43. The number of hydrogen-bond acceptors (Lipinski definition) is 7. The molecule has 0 aliphatic rings. The van der Waals surface area contributed by atoms with Crippen molar-refractivity contribution in [1.29, 1.82) is 0 Å². The highest BCUT2D eigenvalue weighted by Gasteiger charge is 2.12. The number of hydrogen-bond donors (Lipinski definition) is 4. The number of ether oxygens (including phenoxy) is 2. The van der Waals surface area contributed by atoms with Crippen LogP contribution in [0.4, 0.5) is 4.79 Å². The molecular formula is C13H28N4O4. The Balaban J connectivity index is 3.47. The minimum Gasteiger partial charge on any atom is -0.425 e. The topological polar surface area (TPSA) is 115 Å². The lowest BCUT2D eigenvalue weighted by molar-refractivity contribution is -0.164. The highest BCUT2D eigenvalue weighted by molar-refractivity contribution is 5.70. The van der Waals surface area contributed by atoms with Crippen LogP contribution in [0.15, 0.2) is 0 Å². The van der Waals surface area contributed by atoms with Gasteiger partial charge in [-0.2, -0.15) is 0 Å². The SMILES string of the molecule is CCCC(=O)O[C@H](C)OC(=O)NCCNCCNCCN. The smallest absolute Gasteiger partial charge is 0.410 e. The second-order valence-corrected chi connectivity index (χ2v) is 4.43. The van der Waals surface area contributed by atoms with Gasteiger partial charge in [-0.15, -0.1) is 0 Å². The first-order valence-corrected chi connectivity index (χ1v) is 7.35. The summed E-state index contributed by atoms with van der Waals surface area (Å²) in [5, 5.41) is 8.85. The van der Waals surface area contributed by atoms with Gasteiger partial charge in [-0.3, -0.25) is 4.79 Å². The van der Waals surface area contributed by atoms with Gasteiger partial charge in [0.15, 0.2) is 0 Å². The number of amides is 1. The van der Waals surface area contributed by atoms with E-state index >= 15 is 0 Å². The van der Waals surface area contributed by atoms with Crippen molar-refractivity contribution in [3.63, 3.8) is 0 Å². The molecule has 0 bridgehead atoms. The van der Waals surface area contributed by atoms with Crippen molar-refractivity contribution in [2.75, 3.05) is 39.3 Å². The van der Waals surface area contributed by atoms with Crippen LogP contribution in [0, 0.1) is 0 Å². The van der Waals surface area contributed by atoms with E-state index in [1.54, 1.807) is 0 Å². The molecule has 0 spiro atoms. The molecule has 0 rings (SSSR count). The number of alkyl carbamates (subject to hydrolysis) is 1. The standard InChI is InChI=1S/C13H28N4O4/c1-3-4-12(18)20-11(2)21-13(19)17-10-9-16-8-7-15-6-5-14/h11,15-16H,3-10,14H2,1-2H3,(H,17,19)/t11-/m0/s1. The predicted molar refractivity (Wildman–Crippen MR) is 79.7 cm³/mol. The van der Waals surface area contributed by atoms with Crippen LogP contribution >= 0.6 is 0 Å². The highest BCUT2D eigenvalue weighted by Crippen LogP contribution is 1.99. The van der Waals surface area contributed by atoms with Crippen molar-refractivity contribution >= 4 is 12.1 Å². The third-order valence-electron chi connectivity index (χ3n) is 2.40. The van der Waals surface area contributed by atoms with Crippen LogP contribution in [0.5, 0.6) is 0 Å². The van der Waals surface area contributed by atoms with E-state index in [4.69, 9.17) is 15.2 Å². The Morgan fingerprint density at radius 2 is 1.67 bits per heavy atom. The zero-order valence-electron chi connectivity index (χ0n) is 12.9. The lowest BCUT2D eigenvalue weighted by Gasteiger charge is -2.14. The van der Waals surface area contributed by atoms with Gasteiger partial charge in [0.2, 0.25) is 6.29 Å². The van der Waals surface area contributed by atoms with Gasteiger partial charge in [0.05, 0.1) is 0 Å². The first kappa shape index (κ1) is 19.6. The first-order valence-electron chi connectivity index (χ1n) is 7.35. The lowest BCUT2D eigenvalue weighted by atomic mass is 10.3. The molecule has 0 aromatic rings. The van der Waals surface area contributed by atoms with E-state index in [1.165, 1.54) is 6.92 Å². The molecule has 0 saturated carbocycles. The van der Waals surface area contributed by atoms with E-state index in [2.05, 4.69) is 16.0 Å². The van der Waals surface area contributed by atoms with Gasteiger partial charge in [-0.25, -0.2) is 4.79 Å². The Morgan fingerprint density at radius 3 is 2.29 bits per heavy atom. The summed E-state index contributed by atoms with van der Waals surface area (Å²) in [6.45, 7) is 7.48. The third kappa shape index (κ3) is 13.4. The Morgan fingerprint density at radius 1 is 1.05 bits per heavy atom. The fourth-order valence-electron chi connectivity index (χ4n) is 1.45. The lowest BCUT2D eigenvalue weighted by Crippen LogP contribution is -2.37. The van der Waals surface area contributed by atoms with Crippen LogP contribution in [0.1, 0.15) is 26.7 Å². The van der Waals surface area contributed by atoms with E-state index in [-0.39, 0.29) is 5.97 Å². The third-order valence-corrected chi connectivity index (χ3v) is 2.40. The zero-order chi connectivity index (χ0) is 15.9. The average molecular weight is 304 g/mol. The molecule has 8 nitrogen and oxygen atoms in total. The summed E-state index contributed by atoms with van der Waals surface area (Å²) in [6, 6.07) is 0. The molecule has 0 radical (unpaired) electrons. The number of rotatable bonds is 12. The number of nitrogens with one attached hydrogen (secondary N) is 3. The van der Waals surface area contributed by atoms with Crippen molar-refractivity contribution in [2.24, 2.45) is 5.73 Å². The van der Waals surface area contributed by atoms with Crippen molar-refractivity contribution in [1.82, 2.24) is 16.0 Å². The molecule has 0 aliphatic heterocycles. The molecular weight excluding hydrogens is 276 g/mol. The minimum absolute atomic E-state index is 0.317. The van der Waals surface area contributed by atoms with E-state index < -0.39 is 12.4 Å². The summed E-state index contributed by atoms with van der Waals surface area (Å²) in [7, 11) is 0. The fraction of sp³-hybridized carbons (Fsp3) is 0.846. The highest BCUT2D eigenvalue weighted by atomic mass is 16.7. The van der Waals surface area contributed by atoms with Gasteiger partial charge in [-0.1, -0.05) is 6.92 Å². The maximum Gasteiger partial charge on any atom is 0.410 e. The monoisotopic (exact) mass is 304 g/mol. The zero-order valence-corrected chi connectivity index (χ0v) is 12.9. The van der Waals surface area contributed by atoms with Gasteiger partial charge in [0, 0.05) is 52.6 Å². The minimum atomic E-state index is -0.877. The molecule has 0 fully saturated rings. The molecule has 0 aliphatic carbocycles. The number of esters is 1. The van der Waals surface area contributed by atoms with Crippen LogP contribution in [0.2, 0.25) is 0 Å². The Kier molecular flexibility index (Phi) is 12.7. The average Bonchev–Trinajstić information content (AvgIpc) is 2.41. The molecule has 0 unspecified atom stereocenters. The van der Waals surface area contributed by atoms with E-state index in [0.29, 0.717) is 32.5 Å². The molecule has 1 atom stereocenters. The molecule has 0 saturated heterocycles. The first-order chi connectivity index (χ1) is 10.1. The largest absolute Gasteiger partial charge is 0.425 e. The normalized spacial score (nSPS) is 11.8. The fourth-order valence-corrected chi connectivity index (χ4v) is 1.45. The maximum atomic E-state index is 11.4. The van der Waals surface area contributed by atoms with Gasteiger partial charge < -0.3 is 31.2 Å². The maximum absolute atomic E-state index is 11.4. The van der Waals surface area contributed by atoms with Gasteiger partial charge in [-0.05, 0) is 6.42 Å². The molecule has 0 heterocycles. The van der Waals surface area contributed by atoms with Gasteiger partial charge >= 0.3 is 12.1 Å². The van der Waals surface area contributed by atoms with Crippen molar-refractivity contribution in [3.8, 4) is 0 Å². The summed E-state index contributed by atoms with van der Waals surface area (Å²) in [5.41, 5.74) is 5.34. The molecule has 21 heavy (non-hydrogen) atoms. The van der Waals surface area contributed by atoms with Crippen molar-refractivity contribution < 1.29 is 19.1 Å². The van der Waals surface area contributed by atoms with Crippen LogP contribution in [0.25, 0.3) is 0 Å². The Bertz CT molecular complexity index is 289. The van der Waals surface area contributed by atoms with Gasteiger partial charge in [0.1, 0.15) is 0 Å². The van der Waals surface area contributed by atoms with E-state index in [9.17, 15) is 9.59 Å². The number of carbonyl (C=O) groups excluding carboxylic acids is 2. The summed E-state index contributed by atoms with van der Waals surface area (Å²) in [4.78, 5) is 22.6. The Labute approximate surface area is 126 Å². The summed E-state index contributed by atoms with van der Waals surface area (Å²) < 4.78 is 9.77. The molecule has 8 heteroatoms. The van der Waals surface area contributed by atoms with Crippen LogP contribution in [-0.2, 0) is 14.3 Å². The quantitative estimate of drug-likeness (QED) is 0.219. The van der Waals surface area contributed by atoms with Crippen LogP contribution in [-0.4, -0.2) is 57.6 Å². The molecule has 1 amide bonds. The van der Waals surface area contributed by atoms with E-state index in [1.807, 2.05) is 6.92 Å². The summed E-state index contributed by atoms with van der Waals surface area (Å²) >= 11 is 0. The van der Waals surface area contributed by atoms with Crippen LogP contribution in [0.3, 0.4) is 0 Å². The van der Waals surface area contributed by atoms with Crippen molar-refractivity contribution in [3.05, 3.63) is 0 Å². The molecule has 0 aromatic heterocycles. The summed E-state index contributed by atoms with van der Waals surface area (Å²) in [6.07, 6.45) is -0.464. The summed E-state index contributed by atoms with van der Waals surface area (Å²) in [5.74, 6) is -0.371. The molecule has 0 aromatic carbocycles. The predicted octanol–water partition coefficient (Wildman–Crippen LogP) is -0.460. The van der Waals surface area contributed by atoms with Gasteiger partial charge in [0.25, 0.3) is 0 Å². The van der Waals surface area contributed by atoms with Crippen molar-refractivity contribution in [2.45, 2.75) is 33.0 Å². The Hall–Kier alpha value is -1.38. The molecule has 5 N–H and O–H groups in total. The number of nitrogens with two attached hydrogens (primary N) is 1. The molecule has 124 valence electrons. The van der Waals surface area contributed by atoms with E-state index in [0.717, 1.165) is 19.6 Å². The second kappa shape index (κ2) is 13.6. The number of carbonyl (C=O) groups is 2.